The lowest BCUT2D eigenvalue weighted by Crippen LogP contribution is -2.22. The summed E-state index contributed by atoms with van der Waals surface area (Å²) in [7, 11) is 0. The van der Waals surface area contributed by atoms with Crippen LogP contribution in [-0.4, -0.2) is 16.8 Å². The van der Waals surface area contributed by atoms with Gasteiger partial charge in [-0.3, -0.25) is 4.79 Å². The van der Waals surface area contributed by atoms with Crippen LogP contribution in [-0.2, 0) is 4.79 Å². The quantitative estimate of drug-likeness (QED) is 0.685. The molecule has 0 heterocycles. The summed E-state index contributed by atoms with van der Waals surface area (Å²) in [5.74, 6) is -1.65. The zero-order valence-electron chi connectivity index (χ0n) is 5.91. The molecule has 11 heavy (non-hydrogen) atoms. The Kier molecular flexibility index (Phi) is 4.07. The lowest BCUT2D eigenvalue weighted by molar-refractivity contribution is -0.171. The Hall–Kier alpha value is -0.0600. The maximum atomic E-state index is 11.5. The summed E-state index contributed by atoms with van der Waals surface area (Å²) < 4.78 is 34.6. The first-order valence-electron chi connectivity index (χ1n) is 3.08. The van der Waals surface area contributed by atoms with Gasteiger partial charge in [0.1, 0.15) is 0 Å². The predicted molar refractivity (Wildman–Crippen MR) is 38.7 cm³/mol. The van der Waals surface area contributed by atoms with Gasteiger partial charge in [-0.2, -0.15) is 13.2 Å². The number of rotatable bonds is 3. The molecule has 1 atom stereocenters. The number of carbonyl (C=O) groups excluding carboxylic acids is 1. The Labute approximate surface area is 71.1 Å². The van der Waals surface area contributed by atoms with Gasteiger partial charge in [0.2, 0.25) is 5.78 Å². The van der Waals surface area contributed by atoms with Crippen molar-refractivity contribution in [3.8, 4) is 0 Å². The summed E-state index contributed by atoms with van der Waals surface area (Å²) in [6.07, 6.45) is -4.88. The van der Waals surface area contributed by atoms with Crippen LogP contribution in [0.15, 0.2) is 0 Å². The second-order valence-corrected chi connectivity index (χ2v) is 3.80. The minimum Gasteiger partial charge on any atom is -0.290 e. The second-order valence-electron chi connectivity index (χ2n) is 2.24. The molecule has 1 nitrogen and oxygen atoms in total. The zero-order valence-corrected chi connectivity index (χ0v) is 7.50. The second kappa shape index (κ2) is 4.09. The van der Waals surface area contributed by atoms with Crippen molar-refractivity contribution in [1.29, 1.82) is 0 Å². The van der Waals surface area contributed by atoms with Crippen molar-refractivity contribution >= 4 is 21.7 Å². The predicted octanol–water partition coefficient (Wildman–Crippen LogP) is 2.68. The first kappa shape index (κ1) is 10.9. The summed E-state index contributed by atoms with van der Waals surface area (Å²) in [4.78, 5) is 10.2. The molecular formula is C6H8BrF3O. The summed E-state index contributed by atoms with van der Waals surface area (Å²) in [5.41, 5.74) is 0. The molecule has 0 rings (SSSR count). The molecule has 0 saturated carbocycles. The topological polar surface area (TPSA) is 17.1 Å². The fraction of sp³-hybridized carbons (Fsp3) is 0.833. The van der Waals surface area contributed by atoms with E-state index in [2.05, 4.69) is 15.9 Å². The molecule has 0 fully saturated rings. The van der Waals surface area contributed by atoms with Crippen molar-refractivity contribution in [2.45, 2.75) is 30.8 Å². The molecule has 0 aromatic rings. The third kappa shape index (κ3) is 5.24. The number of halogens is 4. The van der Waals surface area contributed by atoms with Crippen LogP contribution in [0.3, 0.4) is 0 Å². The van der Waals surface area contributed by atoms with E-state index in [9.17, 15) is 18.0 Å². The molecule has 0 amide bonds. The average Bonchev–Trinajstić information content (AvgIpc) is 1.80. The summed E-state index contributed by atoms with van der Waals surface area (Å²) in [6.45, 7) is 1.70. The van der Waals surface area contributed by atoms with Crippen LogP contribution in [0.1, 0.15) is 19.8 Å². The molecule has 1 unspecified atom stereocenters. The Morgan fingerprint density at radius 3 is 2.27 bits per heavy atom. The number of ketones is 1. The van der Waals surface area contributed by atoms with Crippen LogP contribution in [0.4, 0.5) is 13.2 Å². The standard InChI is InChI=1S/C6H8BrF3O/c1-4(7)2-3-5(11)6(8,9)10/h4H,2-3H2,1H3. The molecule has 0 aliphatic carbocycles. The van der Waals surface area contributed by atoms with Crippen LogP contribution in [0.25, 0.3) is 0 Å². The van der Waals surface area contributed by atoms with E-state index < -0.39 is 18.4 Å². The van der Waals surface area contributed by atoms with Crippen molar-refractivity contribution in [3.63, 3.8) is 0 Å². The van der Waals surface area contributed by atoms with Gasteiger partial charge in [0.25, 0.3) is 0 Å². The van der Waals surface area contributed by atoms with E-state index in [1.807, 2.05) is 0 Å². The van der Waals surface area contributed by atoms with Crippen LogP contribution >= 0.6 is 15.9 Å². The molecule has 66 valence electrons. The van der Waals surface area contributed by atoms with Crippen molar-refractivity contribution in [2.75, 3.05) is 0 Å². The molecule has 0 N–H and O–H groups in total. The van der Waals surface area contributed by atoms with Crippen LogP contribution in [0.2, 0.25) is 0 Å². The van der Waals surface area contributed by atoms with E-state index in [0.29, 0.717) is 0 Å². The maximum Gasteiger partial charge on any atom is 0.449 e. The van der Waals surface area contributed by atoms with Gasteiger partial charge in [0.15, 0.2) is 0 Å². The Bertz CT molecular complexity index is 141. The normalized spacial score (nSPS) is 14.6. The molecule has 0 radical (unpaired) electrons. The van der Waals surface area contributed by atoms with Crippen LogP contribution < -0.4 is 0 Å². The fourth-order valence-electron chi connectivity index (χ4n) is 0.472. The smallest absolute Gasteiger partial charge is 0.290 e. The largest absolute Gasteiger partial charge is 0.449 e. The molecule has 0 aromatic carbocycles. The van der Waals surface area contributed by atoms with Gasteiger partial charge in [-0.1, -0.05) is 22.9 Å². The molecule has 0 saturated heterocycles. The number of Topliss-reactive ketones (excluding diaryl/α,β-unsaturated/α-hetero) is 1. The third-order valence-electron chi connectivity index (χ3n) is 1.09. The highest BCUT2D eigenvalue weighted by molar-refractivity contribution is 9.09. The SMILES string of the molecule is CC(Br)CCC(=O)C(F)(F)F. The molecule has 0 bridgehead atoms. The minimum atomic E-state index is -4.66. The van der Waals surface area contributed by atoms with E-state index in [1.165, 1.54) is 0 Å². The van der Waals surface area contributed by atoms with Gasteiger partial charge in [0.05, 0.1) is 0 Å². The van der Waals surface area contributed by atoms with Crippen molar-refractivity contribution in [1.82, 2.24) is 0 Å². The van der Waals surface area contributed by atoms with Crippen molar-refractivity contribution in [2.24, 2.45) is 0 Å². The number of alkyl halides is 4. The van der Waals surface area contributed by atoms with Crippen LogP contribution in [0.5, 0.6) is 0 Å². The highest BCUT2D eigenvalue weighted by Gasteiger charge is 2.37. The summed E-state index contributed by atoms with van der Waals surface area (Å²) >= 11 is 3.05. The van der Waals surface area contributed by atoms with Gasteiger partial charge in [-0.25, -0.2) is 0 Å². The Morgan fingerprint density at radius 1 is 1.55 bits per heavy atom. The minimum absolute atomic E-state index is 0.0474. The van der Waals surface area contributed by atoms with Crippen LogP contribution in [0, 0.1) is 0 Å². The summed E-state index contributed by atoms with van der Waals surface area (Å²) in [5, 5.41) is 0. The Morgan fingerprint density at radius 2 is 2.00 bits per heavy atom. The first-order chi connectivity index (χ1) is 4.84. The molecule has 0 aliphatic rings. The van der Waals surface area contributed by atoms with Gasteiger partial charge in [-0.15, -0.1) is 0 Å². The molecule has 5 heteroatoms. The van der Waals surface area contributed by atoms with Crippen molar-refractivity contribution < 1.29 is 18.0 Å². The average molecular weight is 233 g/mol. The number of hydrogen-bond acceptors (Lipinski definition) is 1. The fourth-order valence-corrected chi connectivity index (χ4v) is 0.701. The van der Waals surface area contributed by atoms with Gasteiger partial charge >= 0.3 is 6.18 Å². The lowest BCUT2D eigenvalue weighted by Gasteiger charge is -2.05. The highest BCUT2D eigenvalue weighted by Crippen LogP contribution is 2.20. The number of carbonyl (C=O) groups is 1. The van der Waals surface area contributed by atoms with E-state index in [1.54, 1.807) is 6.92 Å². The Balaban J connectivity index is 3.71. The monoisotopic (exact) mass is 232 g/mol. The molecule has 0 aliphatic heterocycles. The highest BCUT2D eigenvalue weighted by atomic mass is 79.9. The zero-order chi connectivity index (χ0) is 9.07. The first-order valence-corrected chi connectivity index (χ1v) is 3.99. The van der Waals surface area contributed by atoms with Gasteiger partial charge in [-0.05, 0) is 6.42 Å². The van der Waals surface area contributed by atoms with E-state index in [-0.39, 0.29) is 11.2 Å². The lowest BCUT2D eigenvalue weighted by atomic mass is 10.2. The third-order valence-corrected chi connectivity index (χ3v) is 1.54. The molecule has 0 spiro atoms. The van der Waals surface area contributed by atoms with E-state index in [4.69, 9.17) is 0 Å². The van der Waals surface area contributed by atoms with Gasteiger partial charge in [0, 0.05) is 11.2 Å². The molecule has 0 aromatic heterocycles. The molecular weight excluding hydrogens is 225 g/mol. The summed E-state index contributed by atoms with van der Waals surface area (Å²) in [6, 6.07) is 0. The number of hydrogen-bond donors (Lipinski definition) is 0. The van der Waals surface area contributed by atoms with E-state index >= 15 is 0 Å². The van der Waals surface area contributed by atoms with Gasteiger partial charge < -0.3 is 0 Å². The maximum absolute atomic E-state index is 11.5. The van der Waals surface area contributed by atoms with Crippen molar-refractivity contribution in [3.05, 3.63) is 0 Å². The van der Waals surface area contributed by atoms with E-state index in [0.717, 1.165) is 0 Å².